The number of para-hydroxylation sites is 1. The lowest BCUT2D eigenvalue weighted by Gasteiger charge is -2.08. The molecule has 0 aliphatic heterocycles. The fourth-order valence-electron chi connectivity index (χ4n) is 2.73. The Morgan fingerprint density at radius 3 is 2.50 bits per heavy atom. The zero-order valence-corrected chi connectivity index (χ0v) is 14.5. The summed E-state index contributed by atoms with van der Waals surface area (Å²) in [4.78, 5) is 28.3. The van der Waals surface area contributed by atoms with Crippen molar-refractivity contribution in [1.82, 2.24) is 9.55 Å². The summed E-state index contributed by atoms with van der Waals surface area (Å²) in [5.74, 6) is 0.0580. The molecule has 0 fully saturated rings. The number of anilines is 1. The maximum Gasteiger partial charge on any atom is 0.250 e. The lowest BCUT2D eigenvalue weighted by Crippen LogP contribution is -2.18. The molecule has 0 saturated carbocycles. The van der Waals surface area contributed by atoms with Gasteiger partial charge in [-0.25, -0.2) is 4.98 Å². The molecule has 3 rings (SSSR count). The third kappa shape index (κ3) is 3.97. The predicted molar refractivity (Wildman–Crippen MR) is 101 cm³/mol. The Kier molecular flexibility index (Phi) is 5.12. The van der Waals surface area contributed by atoms with Crippen molar-refractivity contribution in [2.24, 2.45) is 12.8 Å². The highest BCUT2D eigenvalue weighted by Gasteiger charge is 2.12. The zero-order valence-electron chi connectivity index (χ0n) is 14.5. The molecule has 0 spiro atoms. The Morgan fingerprint density at radius 2 is 1.77 bits per heavy atom. The van der Waals surface area contributed by atoms with Gasteiger partial charge < -0.3 is 15.6 Å². The molecule has 3 aromatic rings. The van der Waals surface area contributed by atoms with Crippen molar-refractivity contribution in [3.8, 4) is 11.3 Å². The third-order valence-corrected chi connectivity index (χ3v) is 4.08. The molecule has 0 unspecified atom stereocenters. The number of primary amides is 1. The number of hydrogen-bond donors (Lipinski definition) is 2. The minimum atomic E-state index is -0.572. The van der Waals surface area contributed by atoms with Crippen molar-refractivity contribution in [1.29, 1.82) is 0 Å². The van der Waals surface area contributed by atoms with E-state index < -0.39 is 5.91 Å². The molecule has 0 saturated heterocycles. The highest BCUT2D eigenvalue weighted by atomic mass is 16.2. The van der Waals surface area contributed by atoms with Crippen LogP contribution in [0.3, 0.4) is 0 Å². The third-order valence-electron chi connectivity index (χ3n) is 4.08. The van der Waals surface area contributed by atoms with E-state index in [1.165, 1.54) is 0 Å². The first-order valence-corrected chi connectivity index (χ1v) is 8.31. The van der Waals surface area contributed by atoms with Gasteiger partial charge in [-0.1, -0.05) is 42.5 Å². The summed E-state index contributed by atoms with van der Waals surface area (Å²) < 4.78 is 1.92. The molecule has 1 aromatic heterocycles. The van der Waals surface area contributed by atoms with Crippen LogP contribution in [0.25, 0.3) is 11.3 Å². The molecule has 0 atom stereocenters. The van der Waals surface area contributed by atoms with Crippen LogP contribution in [0, 0.1) is 0 Å². The number of nitrogens with two attached hydrogens (primary N) is 1. The van der Waals surface area contributed by atoms with Gasteiger partial charge in [-0.05, 0) is 12.1 Å². The van der Waals surface area contributed by atoms with Crippen LogP contribution in [-0.2, 0) is 18.3 Å². The molecule has 0 aliphatic rings. The summed E-state index contributed by atoms with van der Waals surface area (Å²) in [6.45, 7) is 0. The number of nitrogens with zero attached hydrogens (tertiary/aromatic N) is 2. The first kappa shape index (κ1) is 17.4. The van der Waals surface area contributed by atoms with Gasteiger partial charge in [0, 0.05) is 31.6 Å². The second-order valence-corrected chi connectivity index (χ2v) is 5.98. The Labute approximate surface area is 151 Å². The minimum absolute atomic E-state index is 0.192. The summed E-state index contributed by atoms with van der Waals surface area (Å²) >= 11 is 0. The van der Waals surface area contributed by atoms with Crippen molar-refractivity contribution >= 4 is 17.5 Å². The van der Waals surface area contributed by atoms with Crippen LogP contribution >= 0.6 is 0 Å². The first-order valence-electron chi connectivity index (χ1n) is 8.31. The molecule has 0 bridgehead atoms. The van der Waals surface area contributed by atoms with E-state index in [1.807, 2.05) is 48.1 Å². The molecule has 132 valence electrons. The average molecular weight is 348 g/mol. The van der Waals surface area contributed by atoms with Crippen LogP contribution in [-0.4, -0.2) is 21.4 Å². The Morgan fingerprint density at radius 1 is 1.08 bits per heavy atom. The topological polar surface area (TPSA) is 90.0 Å². The second-order valence-electron chi connectivity index (χ2n) is 5.98. The zero-order chi connectivity index (χ0) is 18.5. The van der Waals surface area contributed by atoms with E-state index in [9.17, 15) is 9.59 Å². The molecular weight excluding hydrogens is 328 g/mol. The normalized spacial score (nSPS) is 10.5. The van der Waals surface area contributed by atoms with Crippen molar-refractivity contribution in [2.45, 2.75) is 12.8 Å². The predicted octanol–water partition coefficient (Wildman–Crippen LogP) is 2.76. The molecule has 6 nitrogen and oxygen atoms in total. The Bertz CT molecular complexity index is 932. The van der Waals surface area contributed by atoms with Crippen LogP contribution < -0.4 is 11.1 Å². The number of hydrogen-bond acceptors (Lipinski definition) is 3. The molecule has 0 radical (unpaired) electrons. The smallest absolute Gasteiger partial charge is 0.250 e. The average Bonchev–Trinajstić information content (AvgIpc) is 3.02. The fourth-order valence-corrected chi connectivity index (χ4v) is 2.73. The molecule has 26 heavy (non-hydrogen) atoms. The van der Waals surface area contributed by atoms with Gasteiger partial charge in [0.25, 0.3) is 5.91 Å². The second kappa shape index (κ2) is 7.65. The molecule has 3 N–H and O–H groups in total. The molecule has 6 heteroatoms. The highest BCUT2D eigenvalue weighted by molar-refractivity contribution is 6.02. The van der Waals surface area contributed by atoms with Gasteiger partial charge in [-0.15, -0.1) is 0 Å². The number of amides is 2. The Hall–Kier alpha value is -3.41. The van der Waals surface area contributed by atoms with Gasteiger partial charge in [0.1, 0.15) is 5.82 Å². The standard InChI is InChI=1S/C20H20N4O2/c1-24-13-17(14-7-3-2-4-8-14)22-18(24)11-12-19(25)23-16-10-6-5-9-15(16)20(21)26/h2-10,13H,11-12H2,1H3,(H2,21,26)(H,23,25). The lowest BCUT2D eigenvalue weighted by molar-refractivity contribution is -0.116. The molecule has 2 amide bonds. The van der Waals surface area contributed by atoms with E-state index in [2.05, 4.69) is 10.3 Å². The number of benzene rings is 2. The van der Waals surface area contributed by atoms with Gasteiger partial charge >= 0.3 is 0 Å². The number of aromatic nitrogens is 2. The monoisotopic (exact) mass is 348 g/mol. The Balaban J connectivity index is 1.65. The summed E-state index contributed by atoms with van der Waals surface area (Å²) in [6, 6.07) is 16.6. The molecule has 1 heterocycles. The molecule has 2 aromatic carbocycles. The van der Waals surface area contributed by atoms with Crippen LogP contribution in [0.1, 0.15) is 22.6 Å². The number of aryl methyl sites for hydroxylation is 2. The fraction of sp³-hybridized carbons (Fsp3) is 0.150. The van der Waals surface area contributed by atoms with Gasteiger partial charge in [-0.3, -0.25) is 9.59 Å². The summed E-state index contributed by atoms with van der Waals surface area (Å²) in [5.41, 5.74) is 7.96. The van der Waals surface area contributed by atoms with Gasteiger partial charge in [0.2, 0.25) is 5.91 Å². The van der Waals surface area contributed by atoms with E-state index in [0.717, 1.165) is 17.1 Å². The number of rotatable bonds is 6. The maximum absolute atomic E-state index is 12.2. The summed E-state index contributed by atoms with van der Waals surface area (Å²) in [7, 11) is 1.91. The van der Waals surface area contributed by atoms with Crippen LogP contribution in [0.5, 0.6) is 0 Å². The number of imidazole rings is 1. The maximum atomic E-state index is 12.2. The first-order chi connectivity index (χ1) is 12.5. The van der Waals surface area contributed by atoms with Crippen LogP contribution in [0.15, 0.2) is 60.8 Å². The van der Waals surface area contributed by atoms with E-state index >= 15 is 0 Å². The molecular formula is C20H20N4O2. The number of carbonyl (C=O) groups is 2. The minimum Gasteiger partial charge on any atom is -0.366 e. The quantitative estimate of drug-likeness (QED) is 0.718. The van der Waals surface area contributed by atoms with Crippen LogP contribution in [0.2, 0.25) is 0 Å². The summed E-state index contributed by atoms with van der Waals surface area (Å²) in [5, 5.41) is 2.74. The van der Waals surface area contributed by atoms with E-state index in [1.54, 1.807) is 24.3 Å². The van der Waals surface area contributed by atoms with Gasteiger partial charge in [-0.2, -0.15) is 0 Å². The lowest BCUT2D eigenvalue weighted by atomic mass is 10.1. The van der Waals surface area contributed by atoms with Crippen LogP contribution in [0.4, 0.5) is 5.69 Å². The van der Waals surface area contributed by atoms with Gasteiger partial charge in [0.05, 0.1) is 16.9 Å². The molecule has 0 aliphatic carbocycles. The summed E-state index contributed by atoms with van der Waals surface area (Å²) in [6.07, 6.45) is 2.70. The van der Waals surface area contributed by atoms with E-state index in [4.69, 9.17) is 5.73 Å². The van der Waals surface area contributed by atoms with Crippen molar-refractivity contribution in [2.75, 3.05) is 5.32 Å². The number of carbonyl (C=O) groups excluding carboxylic acids is 2. The largest absolute Gasteiger partial charge is 0.366 e. The SMILES string of the molecule is Cn1cc(-c2ccccc2)nc1CCC(=O)Nc1ccccc1C(N)=O. The van der Waals surface area contributed by atoms with Crippen molar-refractivity contribution in [3.63, 3.8) is 0 Å². The van der Waals surface area contributed by atoms with Crippen molar-refractivity contribution < 1.29 is 9.59 Å². The van der Waals surface area contributed by atoms with E-state index in [-0.39, 0.29) is 12.3 Å². The van der Waals surface area contributed by atoms with E-state index in [0.29, 0.717) is 17.7 Å². The highest BCUT2D eigenvalue weighted by Crippen LogP contribution is 2.19. The van der Waals surface area contributed by atoms with Gasteiger partial charge in [0.15, 0.2) is 0 Å². The number of nitrogens with one attached hydrogen (secondary N) is 1. The van der Waals surface area contributed by atoms with Crippen molar-refractivity contribution in [3.05, 3.63) is 72.2 Å².